The molecule has 16 heavy (non-hydrogen) atoms. The van der Waals surface area contributed by atoms with Gasteiger partial charge < -0.3 is 14.6 Å². The number of furan rings is 1. The molecule has 1 N–H and O–H groups in total. The lowest BCUT2D eigenvalue weighted by Crippen LogP contribution is -2.31. The van der Waals surface area contributed by atoms with Gasteiger partial charge in [0.15, 0.2) is 0 Å². The van der Waals surface area contributed by atoms with Gasteiger partial charge in [-0.1, -0.05) is 13.8 Å². The molecule has 1 heterocycles. The Morgan fingerprint density at radius 3 is 2.88 bits per heavy atom. The van der Waals surface area contributed by atoms with Gasteiger partial charge >= 0.3 is 0 Å². The van der Waals surface area contributed by atoms with Crippen LogP contribution in [0.5, 0.6) is 0 Å². The summed E-state index contributed by atoms with van der Waals surface area (Å²) in [5.74, 6) is 0.942. The van der Waals surface area contributed by atoms with Crippen molar-refractivity contribution in [3.63, 3.8) is 0 Å². The topological polar surface area (TPSA) is 45.5 Å². The second kappa shape index (κ2) is 6.33. The van der Waals surface area contributed by atoms with E-state index >= 15 is 0 Å². The van der Waals surface area contributed by atoms with E-state index in [4.69, 9.17) is 4.42 Å². The average Bonchev–Trinajstić information content (AvgIpc) is 2.69. The second-order valence-electron chi connectivity index (χ2n) is 4.19. The first-order valence-electron chi connectivity index (χ1n) is 5.59. The molecule has 1 aromatic heterocycles. The summed E-state index contributed by atoms with van der Waals surface area (Å²) in [6, 6.07) is 4.12. The van der Waals surface area contributed by atoms with Crippen LogP contribution in [0.25, 0.3) is 0 Å². The Morgan fingerprint density at radius 1 is 1.56 bits per heavy atom. The fourth-order valence-electron chi connectivity index (χ4n) is 1.38. The van der Waals surface area contributed by atoms with Gasteiger partial charge in [-0.2, -0.15) is 0 Å². The first kappa shape index (κ1) is 12.8. The maximum Gasteiger partial charge on any atom is 0.223 e. The lowest BCUT2D eigenvalue weighted by molar-refractivity contribution is -0.130. The summed E-state index contributed by atoms with van der Waals surface area (Å²) in [6.07, 6.45) is 2.14. The SMILES string of the molecule is CC(C)NCCC(=O)N(C)Cc1ccco1. The normalized spacial score (nSPS) is 10.8. The monoisotopic (exact) mass is 224 g/mol. The van der Waals surface area contributed by atoms with Crippen LogP contribution in [0.4, 0.5) is 0 Å². The first-order chi connectivity index (χ1) is 7.59. The van der Waals surface area contributed by atoms with Crippen LogP contribution in [0, 0.1) is 0 Å². The van der Waals surface area contributed by atoms with E-state index in [1.807, 2.05) is 12.1 Å². The van der Waals surface area contributed by atoms with Gasteiger partial charge in [0.25, 0.3) is 0 Å². The molecule has 0 saturated heterocycles. The van der Waals surface area contributed by atoms with Crippen molar-refractivity contribution in [1.82, 2.24) is 10.2 Å². The summed E-state index contributed by atoms with van der Waals surface area (Å²) in [4.78, 5) is 13.4. The molecule has 0 saturated carbocycles. The summed E-state index contributed by atoms with van der Waals surface area (Å²) in [5.41, 5.74) is 0. The number of hydrogen-bond acceptors (Lipinski definition) is 3. The van der Waals surface area contributed by atoms with Gasteiger partial charge in [0.2, 0.25) is 5.91 Å². The van der Waals surface area contributed by atoms with E-state index in [0.717, 1.165) is 12.3 Å². The molecule has 0 bridgehead atoms. The number of rotatable bonds is 6. The van der Waals surface area contributed by atoms with Crippen LogP contribution in [0.1, 0.15) is 26.0 Å². The lowest BCUT2D eigenvalue weighted by Gasteiger charge is -2.16. The maximum absolute atomic E-state index is 11.7. The highest BCUT2D eigenvalue weighted by molar-refractivity contribution is 5.75. The van der Waals surface area contributed by atoms with Gasteiger partial charge in [0.1, 0.15) is 5.76 Å². The van der Waals surface area contributed by atoms with Crippen molar-refractivity contribution in [3.05, 3.63) is 24.2 Å². The highest BCUT2D eigenvalue weighted by Gasteiger charge is 2.10. The van der Waals surface area contributed by atoms with Crippen molar-refractivity contribution in [2.24, 2.45) is 0 Å². The number of amides is 1. The second-order valence-corrected chi connectivity index (χ2v) is 4.19. The summed E-state index contributed by atoms with van der Waals surface area (Å²) < 4.78 is 5.19. The van der Waals surface area contributed by atoms with Gasteiger partial charge in [-0.15, -0.1) is 0 Å². The largest absolute Gasteiger partial charge is 0.467 e. The number of nitrogens with zero attached hydrogens (tertiary/aromatic N) is 1. The molecule has 0 spiro atoms. The van der Waals surface area contributed by atoms with Crippen LogP contribution < -0.4 is 5.32 Å². The third-order valence-corrected chi connectivity index (χ3v) is 2.29. The number of nitrogens with one attached hydrogen (secondary N) is 1. The molecule has 0 fully saturated rings. The molecule has 1 aromatic rings. The Hall–Kier alpha value is -1.29. The Morgan fingerprint density at radius 2 is 2.31 bits per heavy atom. The summed E-state index contributed by atoms with van der Waals surface area (Å²) >= 11 is 0. The molecule has 0 aliphatic heterocycles. The van der Waals surface area contributed by atoms with Crippen molar-refractivity contribution in [3.8, 4) is 0 Å². The third kappa shape index (κ3) is 4.49. The van der Waals surface area contributed by atoms with Crippen molar-refractivity contribution < 1.29 is 9.21 Å². The molecule has 90 valence electrons. The van der Waals surface area contributed by atoms with E-state index in [-0.39, 0.29) is 5.91 Å². The van der Waals surface area contributed by atoms with Crippen LogP contribution >= 0.6 is 0 Å². The summed E-state index contributed by atoms with van der Waals surface area (Å²) in [5, 5.41) is 3.22. The predicted octanol–water partition coefficient (Wildman–Crippen LogP) is 1.63. The van der Waals surface area contributed by atoms with E-state index < -0.39 is 0 Å². The first-order valence-corrected chi connectivity index (χ1v) is 5.59. The Bertz CT molecular complexity index is 307. The van der Waals surface area contributed by atoms with Gasteiger partial charge in [0, 0.05) is 26.1 Å². The van der Waals surface area contributed by atoms with Crippen molar-refractivity contribution in [2.45, 2.75) is 32.9 Å². The molecular formula is C12H20N2O2. The Balaban J connectivity index is 2.25. The van der Waals surface area contributed by atoms with Crippen LogP contribution in [-0.2, 0) is 11.3 Å². The molecule has 4 heteroatoms. The van der Waals surface area contributed by atoms with Crippen LogP contribution in [-0.4, -0.2) is 30.4 Å². The molecule has 0 aromatic carbocycles. The molecule has 4 nitrogen and oxygen atoms in total. The zero-order valence-corrected chi connectivity index (χ0v) is 10.2. The minimum Gasteiger partial charge on any atom is -0.467 e. The zero-order valence-electron chi connectivity index (χ0n) is 10.2. The van der Waals surface area contributed by atoms with Crippen LogP contribution in [0.2, 0.25) is 0 Å². The third-order valence-electron chi connectivity index (χ3n) is 2.29. The van der Waals surface area contributed by atoms with Crippen LogP contribution in [0.15, 0.2) is 22.8 Å². The minimum atomic E-state index is 0.129. The van der Waals surface area contributed by atoms with E-state index in [0.29, 0.717) is 19.0 Å². The molecule has 0 unspecified atom stereocenters. The number of hydrogen-bond donors (Lipinski definition) is 1. The standard InChI is InChI=1S/C12H20N2O2/c1-10(2)13-7-6-12(15)14(3)9-11-5-4-8-16-11/h4-5,8,10,13H,6-7,9H2,1-3H3. The predicted molar refractivity (Wildman–Crippen MR) is 62.9 cm³/mol. The van der Waals surface area contributed by atoms with Crippen molar-refractivity contribution in [1.29, 1.82) is 0 Å². The zero-order chi connectivity index (χ0) is 12.0. The van der Waals surface area contributed by atoms with E-state index in [2.05, 4.69) is 19.2 Å². The molecule has 0 atom stereocenters. The van der Waals surface area contributed by atoms with E-state index in [1.165, 1.54) is 0 Å². The molecule has 1 rings (SSSR count). The number of carbonyl (C=O) groups excluding carboxylic acids is 1. The smallest absolute Gasteiger partial charge is 0.223 e. The van der Waals surface area contributed by atoms with Gasteiger partial charge in [-0.3, -0.25) is 4.79 Å². The van der Waals surface area contributed by atoms with Gasteiger partial charge in [-0.25, -0.2) is 0 Å². The molecule has 0 aliphatic carbocycles. The van der Waals surface area contributed by atoms with Crippen molar-refractivity contribution in [2.75, 3.05) is 13.6 Å². The van der Waals surface area contributed by atoms with Gasteiger partial charge in [-0.05, 0) is 12.1 Å². The quantitative estimate of drug-likeness (QED) is 0.798. The Kier molecular flexibility index (Phi) is 5.05. The maximum atomic E-state index is 11.7. The summed E-state index contributed by atoms with van der Waals surface area (Å²) in [6.45, 7) is 5.39. The highest BCUT2D eigenvalue weighted by Crippen LogP contribution is 2.04. The lowest BCUT2D eigenvalue weighted by atomic mass is 10.3. The Labute approximate surface area is 96.6 Å². The minimum absolute atomic E-state index is 0.129. The van der Waals surface area contributed by atoms with E-state index in [9.17, 15) is 4.79 Å². The van der Waals surface area contributed by atoms with Crippen molar-refractivity contribution >= 4 is 5.91 Å². The molecule has 1 amide bonds. The highest BCUT2D eigenvalue weighted by atomic mass is 16.3. The summed E-state index contributed by atoms with van der Waals surface area (Å²) in [7, 11) is 1.79. The molecular weight excluding hydrogens is 204 g/mol. The molecule has 0 radical (unpaired) electrons. The van der Waals surface area contributed by atoms with Gasteiger partial charge in [0.05, 0.1) is 12.8 Å². The fourth-order valence-corrected chi connectivity index (χ4v) is 1.38. The molecule has 0 aliphatic rings. The average molecular weight is 224 g/mol. The fraction of sp³-hybridized carbons (Fsp3) is 0.583. The van der Waals surface area contributed by atoms with Crippen LogP contribution in [0.3, 0.4) is 0 Å². The number of carbonyl (C=O) groups is 1. The van der Waals surface area contributed by atoms with E-state index in [1.54, 1.807) is 18.2 Å².